The Labute approximate surface area is 151 Å². The van der Waals surface area contributed by atoms with Gasteiger partial charge in [-0.2, -0.15) is 0 Å². The van der Waals surface area contributed by atoms with E-state index in [0.717, 1.165) is 22.2 Å². The lowest BCUT2D eigenvalue weighted by Crippen LogP contribution is -2.35. The van der Waals surface area contributed by atoms with E-state index >= 15 is 0 Å². The number of carbonyl (C=O) groups is 2. The molecule has 0 unspecified atom stereocenters. The minimum Gasteiger partial charge on any atom is -0.494 e. The van der Waals surface area contributed by atoms with Gasteiger partial charge in [0.2, 0.25) is 5.91 Å². The molecule has 2 amide bonds. The molecule has 4 rings (SSSR count). The second-order valence-electron chi connectivity index (χ2n) is 6.08. The fraction of sp³-hybridized carbons (Fsp3) is 0.143. The third-order valence-electron chi connectivity index (χ3n) is 4.40. The van der Waals surface area contributed by atoms with Crippen LogP contribution in [0.5, 0.6) is 5.75 Å². The van der Waals surface area contributed by atoms with Crippen LogP contribution in [0.1, 0.15) is 17.3 Å². The van der Waals surface area contributed by atoms with Gasteiger partial charge in [-0.15, -0.1) is 0 Å². The molecular weight excluding hydrogens is 328 g/mol. The summed E-state index contributed by atoms with van der Waals surface area (Å²) in [6.45, 7) is 2.48. The SMILES string of the molecule is CCOc1ccc(NC(=O)CN2C(=O)c3cccc4cccc2c34)cc1. The van der Waals surface area contributed by atoms with Gasteiger partial charge in [0.15, 0.2) is 0 Å². The van der Waals surface area contributed by atoms with Crippen LogP contribution in [0.2, 0.25) is 0 Å². The van der Waals surface area contributed by atoms with Crippen LogP contribution in [0, 0.1) is 0 Å². The molecule has 0 atom stereocenters. The summed E-state index contributed by atoms with van der Waals surface area (Å²) in [5.74, 6) is 0.369. The number of amides is 2. The molecule has 0 aliphatic carbocycles. The number of anilines is 2. The Morgan fingerprint density at radius 1 is 1.04 bits per heavy atom. The van der Waals surface area contributed by atoms with Gasteiger partial charge in [0.05, 0.1) is 12.3 Å². The summed E-state index contributed by atoms with van der Waals surface area (Å²) < 4.78 is 5.39. The highest BCUT2D eigenvalue weighted by Crippen LogP contribution is 2.36. The van der Waals surface area contributed by atoms with Crippen molar-refractivity contribution in [1.82, 2.24) is 0 Å². The van der Waals surface area contributed by atoms with Crippen LogP contribution in [-0.2, 0) is 4.79 Å². The van der Waals surface area contributed by atoms with Crippen LogP contribution < -0.4 is 15.0 Å². The van der Waals surface area contributed by atoms with E-state index in [4.69, 9.17) is 4.74 Å². The van der Waals surface area contributed by atoms with Gasteiger partial charge >= 0.3 is 0 Å². The van der Waals surface area contributed by atoms with Crippen LogP contribution in [0.25, 0.3) is 10.8 Å². The average molecular weight is 346 g/mol. The van der Waals surface area contributed by atoms with Crippen molar-refractivity contribution in [2.75, 3.05) is 23.4 Å². The Kier molecular flexibility index (Phi) is 4.05. The third kappa shape index (κ3) is 2.77. The van der Waals surface area contributed by atoms with E-state index < -0.39 is 0 Å². The maximum absolute atomic E-state index is 12.7. The van der Waals surface area contributed by atoms with Crippen molar-refractivity contribution in [1.29, 1.82) is 0 Å². The van der Waals surface area contributed by atoms with Crippen molar-refractivity contribution in [2.45, 2.75) is 6.92 Å². The molecule has 0 aromatic heterocycles. The Balaban J connectivity index is 1.52. The molecule has 1 aliphatic rings. The fourth-order valence-corrected chi connectivity index (χ4v) is 3.28. The Hall–Kier alpha value is -3.34. The van der Waals surface area contributed by atoms with Gasteiger partial charge in [-0.25, -0.2) is 0 Å². The van der Waals surface area contributed by atoms with E-state index in [-0.39, 0.29) is 18.4 Å². The number of carbonyl (C=O) groups excluding carboxylic acids is 2. The molecule has 3 aromatic carbocycles. The standard InChI is InChI=1S/C21H18N2O3/c1-2-26-16-11-9-15(10-12-16)22-19(24)13-23-18-8-4-6-14-5-3-7-17(20(14)18)21(23)25/h3-12H,2,13H2,1H3,(H,22,24). The van der Waals surface area contributed by atoms with Gasteiger partial charge in [-0.3, -0.25) is 14.5 Å². The largest absolute Gasteiger partial charge is 0.494 e. The number of ether oxygens (including phenoxy) is 1. The average Bonchev–Trinajstić information content (AvgIpc) is 2.92. The summed E-state index contributed by atoms with van der Waals surface area (Å²) >= 11 is 0. The van der Waals surface area contributed by atoms with Crippen LogP contribution in [0.3, 0.4) is 0 Å². The number of rotatable bonds is 5. The molecule has 1 heterocycles. The normalized spacial score (nSPS) is 12.5. The molecular formula is C21H18N2O3. The summed E-state index contributed by atoms with van der Waals surface area (Å²) in [6, 6.07) is 18.6. The maximum Gasteiger partial charge on any atom is 0.259 e. The van der Waals surface area contributed by atoms with E-state index in [2.05, 4.69) is 5.32 Å². The molecule has 130 valence electrons. The van der Waals surface area contributed by atoms with E-state index in [9.17, 15) is 9.59 Å². The molecule has 0 saturated carbocycles. The fourth-order valence-electron chi connectivity index (χ4n) is 3.28. The van der Waals surface area contributed by atoms with Gasteiger partial charge in [-0.1, -0.05) is 24.3 Å². The molecule has 0 saturated heterocycles. The van der Waals surface area contributed by atoms with Gasteiger partial charge in [0.1, 0.15) is 12.3 Å². The number of benzene rings is 3. The summed E-state index contributed by atoms with van der Waals surface area (Å²) in [5, 5.41) is 4.74. The van der Waals surface area contributed by atoms with Crippen LogP contribution in [0.15, 0.2) is 60.7 Å². The number of nitrogens with zero attached hydrogens (tertiary/aromatic N) is 1. The van der Waals surface area contributed by atoms with Crippen molar-refractivity contribution in [3.63, 3.8) is 0 Å². The zero-order valence-corrected chi connectivity index (χ0v) is 14.4. The van der Waals surface area contributed by atoms with Crippen molar-refractivity contribution in [3.8, 4) is 5.75 Å². The first kappa shape index (κ1) is 16.1. The van der Waals surface area contributed by atoms with Crippen LogP contribution >= 0.6 is 0 Å². The molecule has 0 spiro atoms. The predicted molar refractivity (Wildman–Crippen MR) is 102 cm³/mol. The molecule has 5 heteroatoms. The first-order valence-electron chi connectivity index (χ1n) is 8.53. The minimum atomic E-state index is -0.243. The topological polar surface area (TPSA) is 58.6 Å². The van der Waals surface area contributed by atoms with Gasteiger partial charge in [0, 0.05) is 16.6 Å². The molecule has 1 aliphatic heterocycles. The van der Waals surface area contributed by atoms with Crippen molar-refractivity contribution in [2.24, 2.45) is 0 Å². The lowest BCUT2D eigenvalue weighted by atomic mass is 10.1. The molecule has 0 bridgehead atoms. The lowest BCUT2D eigenvalue weighted by molar-refractivity contribution is -0.114. The highest BCUT2D eigenvalue weighted by Gasteiger charge is 2.30. The predicted octanol–water partition coefficient (Wildman–Crippen LogP) is 3.84. The first-order valence-corrected chi connectivity index (χ1v) is 8.53. The van der Waals surface area contributed by atoms with E-state index in [1.165, 1.54) is 4.90 Å². The van der Waals surface area contributed by atoms with Crippen molar-refractivity contribution < 1.29 is 14.3 Å². The second-order valence-corrected chi connectivity index (χ2v) is 6.08. The number of hydrogen-bond acceptors (Lipinski definition) is 3. The van der Waals surface area contributed by atoms with Crippen molar-refractivity contribution in [3.05, 3.63) is 66.2 Å². The summed E-state index contributed by atoms with van der Waals surface area (Å²) in [4.78, 5) is 26.7. The van der Waals surface area contributed by atoms with Crippen molar-refractivity contribution >= 4 is 34.0 Å². The maximum atomic E-state index is 12.7. The molecule has 26 heavy (non-hydrogen) atoms. The van der Waals surface area contributed by atoms with Crippen LogP contribution in [0.4, 0.5) is 11.4 Å². The smallest absolute Gasteiger partial charge is 0.259 e. The lowest BCUT2D eigenvalue weighted by Gasteiger charge is -2.17. The summed E-state index contributed by atoms with van der Waals surface area (Å²) in [6.07, 6.45) is 0. The van der Waals surface area contributed by atoms with E-state index in [1.807, 2.05) is 37.3 Å². The molecule has 0 fully saturated rings. The van der Waals surface area contributed by atoms with Crippen LogP contribution in [-0.4, -0.2) is 25.0 Å². The third-order valence-corrected chi connectivity index (χ3v) is 4.40. The van der Waals surface area contributed by atoms with E-state index in [0.29, 0.717) is 17.9 Å². The zero-order valence-electron chi connectivity index (χ0n) is 14.4. The van der Waals surface area contributed by atoms with Gasteiger partial charge in [-0.05, 0) is 48.7 Å². The van der Waals surface area contributed by atoms with Gasteiger partial charge in [0.25, 0.3) is 5.91 Å². The Bertz CT molecular complexity index is 991. The monoisotopic (exact) mass is 346 g/mol. The molecule has 3 aromatic rings. The highest BCUT2D eigenvalue weighted by atomic mass is 16.5. The first-order chi connectivity index (χ1) is 12.7. The molecule has 1 N–H and O–H groups in total. The highest BCUT2D eigenvalue weighted by molar-refractivity contribution is 6.26. The summed E-state index contributed by atoms with van der Waals surface area (Å²) in [5.41, 5.74) is 2.10. The number of nitrogens with one attached hydrogen (secondary N) is 1. The quantitative estimate of drug-likeness (QED) is 0.764. The molecule has 0 radical (unpaired) electrons. The second kappa shape index (κ2) is 6.52. The summed E-state index contributed by atoms with van der Waals surface area (Å²) in [7, 11) is 0. The van der Waals surface area contributed by atoms with Gasteiger partial charge < -0.3 is 10.1 Å². The number of hydrogen-bond donors (Lipinski definition) is 1. The minimum absolute atomic E-state index is 0.0279. The zero-order chi connectivity index (χ0) is 18.1. The Morgan fingerprint density at radius 3 is 2.50 bits per heavy atom. The molecule has 5 nitrogen and oxygen atoms in total. The Morgan fingerprint density at radius 2 is 1.77 bits per heavy atom. The van der Waals surface area contributed by atoms with E-state index in [1.54, 1.807) is 30.3 Å².